The molecule has 1 amide bonds. The van der Waals surface area contributed by atoms with Gasteiger partial charge in [-0.05, 0) is 38.5 Å². The Morgan fingerprint density at radius 3 is 1.12 bits per heavy atom. The molecule has 0 fully saturated rings. The van der Waals surface area contributed by atoms with Crippen molar-refractivity contribution in [3.63, 3.8) is 0 Å². The molecule has 4 nitrogen and oxygen atoms in total. The quantitative estimate of drug-likeness (QED) is 0.0441. The van der Waals surface area contributed by atoms with Crippen LogP contribution in [-0.4, -0.2) is 34.9 Å². The van der Waals surface area contributed by atoms with E-state index in [1.54, 1.807) is 0 Å². The first-order valence-corrected chi connectivity index (χ1v) is 22.4. The second kappa shape index (κ2) is 41.5. The zero-order chi connectivity index (χ0) is 35.7. The van der Waals surface area contributed by atoms with Gasteiger partial charge >= 0.3 is 0 Å². The van der Waals surface area contributed by atoms with Crippen LogP contribution in [0.15, 0.2) is 12.2 Å². The summed E-state index contributed by atoms with van der Waals surface area (Å²) in [5.74, 6) is -0.0366. The van der Waals surface area contributed by atoms with Crippen LogP contribution in [0.3, 0.4) is 0 Å². The molecule has 49 heavy (non-hydrogen) atoms. The normalized spacial score (nSPS) is 13.0. The number of nitrogens with one attached hydrogen (secondary N) is 1. The minimum Gasteiger partial charge on any atom is -0.394 e. The monoisotopic (exact) mass is 692 g/mol. The largest absolute Gasteiger partial charge is 0.394 e. The molecule has 0 aromatic rings. The van der Waals surface area contributed by atoms with E-state index in [1.165, 1.54) is 193 Å². The summed E-state index contributed by atoms with van der Waals surface area (Å²) in [7, 11) is 0. The van der Waals surface area contributed by atoms with Crippen molar-refractivity contribution in [1.82, 2.24) is 5.32 Å². The van der Waals surface area contributed by atoms with Crippen molar-refractivity contribution in [2.24, 2.45) is 0 Å². The van der Waals surface area contributed by atoms with Gasteiger partial charge in [0.15, 0.2) is 0 Å². The van der Waals surface area contributed by atoms with E-state index < -0.39 is 12.1 Å². The Morgan fingerprint density at radius 1 is 0.469 bits per heavy atom. The fraction of sp³-hybridized carbons (Fsp3) is 0.933. The molecule has 292 valence electrons. The third-order valence-electron chi connectivity index (χ3n) is 10.5. The molecule has 2 atom stereocenters. The first kappa shape index (κ1) is 48.1. The van der Waals surface area contributed by atoms with Gasteiger partial charge in [-0.1, -0.05) is 219 Å². The summed E-state index contributed by atoms with van der Waals surface area (Å²) in [6, 6.07) is -0.547. The van der Waals surface area contributed by atoms with E-state index in [0.29, 0.717) is 12.8 Å². The smallest absolute Gasteiger partial charge is 0.220 e. The topological polar surface area (TPSA) is 69.6 Å². The Kier molecular flexibility index (Phi) is 40.8. The lowest BCUT2D eigenvalue weighted by molar-refractivity contribution is -0.123. The standard InChI is InChI=1S/C45H89NO3/c1-3-5-7-9-11-13-15-17-19-20-21-22-23-24-25-26-27-29-31-33-35-37-39-41-45(49)46-43(42-47)44(48)40-38-36-34-32-30-28-18-16-14-12-10-8-6-4-2/h30,32,43-44,47-48H,3-29,31,33-42H2,1-2H3,(H,46,49)/b32-30+/t43-,44+/m0/s1. The van der Waals surface area contributed by atoms with Crippen molar-refractivity contribution in [2.75, 3.05) is 6.61 Å². The van der Waals surface area contributed by atoms with E-state index in [4.69, 9.17) is 0 Å². The molecule has 0 heterocycles. The van der Waals surface area contributed by atoms with Crippen molar-refractivity contribution < 1.29 is 15.0 Å². The number of hydrogen-bond donors (Lipinski definition) is 3. The van der Waals surface area contributed by atoms with Crippen LogP contribution in [0, 0.1) is 0 Å². The van der Waals surface area contributed by atoms with Crippen LogP contribution < -0.4 is 5.32 Å². The summed E-state index contributed by atoms with van der Waals surface area (Å²) in [5.41, 5.74) is 0. The molecule has 0 saturated heterocycles. The van der Waals surface area contributed by atoms with Gasteiger partial charge < -0.3 is 15.5 Å². The average molecular weight is 692 g/mol. The molecule has 0 aliphatic carbocycles. The lowest BCUT2D eigenvalue weighted by Crippen LogP contribution is -2.45. The van der Waals surface area contributed by atoms with Gasteiger partial charge in [0.05, 0.1) is 18.8 Å². The highest BCUT2D eigenvalue weighted by molar-refractivity contribution is 5.76. The van der Waals surface area contributed by atoms with Crippen molar-refractivity contribution in [3.05, 3.63) is 12.2 Å². The summed E-state index contributed by atoms with van der Waals surface area (Å²) >= 11 is 0. The second-order valence-corrected chi connectivity index (χ2v) is 15.5. The molecule has 0 rings (SSSR count). The molecule has 0 saturated carbocycles. The SMILES string of the molecule is CCCCCCCCCC/C=C/CCCC[C@@H](O)[C@H](CO)NC(=O)CCCCCCCCCCCCCCCCCCCCCCCCC. The Bertz CT molecular complexity index is 666. The summed E-state index contributed by atoms with van der Waals surface area (Å²) < 4.78 is 0. The lowest BCUT2D eigenvalue weighted by Gasteiger charge is -2.22. The maximum atomic E-state index is 12.4. The molecule has 0 aromatic carbocycles. The zero-order valence-corrected chi connectivity index (χ0v) is 33.5. The number of hydrogen-bond acceptors (Lipinski definition) is 3. The van der Waals surface area contributed by atoms with Crippen LogP contribution in [0.4, 0.5) is 0 Å². The molecule has 0 spiro atoms. The fourth-order valence-electron chi connectivity index (χ4n) is 7.06. The van der Waals surface area contributed by atoms with Crippen molar-refractivity contribution in [1.29, 1.82) is 0 Å². The average Bonchev–Trinajstić information content (AvgIpc) is 3.10. The van der Waals surface area contributed by atoms with E-state index in [1.807, 2.05) is 0 Å². The Hall–Kier alpha value is -0.870. The zero-order valence-electron chi connectivity index (χ0n) is 33.5. The number of amides is 1. The van der Waals surface area contributed by atoms with Crippen molar-refractivity contribution in [3.8, 4) is 0 Å². The Morgan fingerprint density at radius 2 is 0.776 bits per heavy atom. The number of carbonyl (C=O) groups is 1. The van der Waals surface area contributed by atoms with E-state index in [9.17, 15) is 15.0 Å². The molecule has 4 heteroatoms. The van der Waals surface area contributed by atoms with Crippen LogP contribution in [0.5, 0.6) is 0 Å². The van der Waals surface area contributed by atoms with E-state index >= 15 is 0 Å². The third-order valence-corrected chi connectivity index (χ3v) is 10.5. The highest BCUT2D eigenvalue weighted by atomic mass is 16.3. The van der Waals surface area contributed by atoms with Gasteiger partial charge in [-0.15, -0.1) is 0 Å². The lowest BCUT2D eigenvalue weighted by atomic mass is 10.0. The summed E-state index contributed by atoms with van der Waals surface area (Å²) in [5, 5.41) is 23.1. The minimum absolute atomic E-state index is 0.0366. The summed E-state index contributed by atoms with van der Waals surface area (Å²) in [6.45, 7) is 4.36. The van der Waals surface area contributed by atoms with Gasteiger partial charge in [0, 0.05) is 6.42 Å². The molecule has 0 unspecified atom stereocenters. The molecular formula is C45H89NO3. The predicted molar refractivity (Wildman–Crippen MR) is 216 cm³/mol. The minimum atomic E-state index is -0.676. The highest BCUT2D eigenvalue weighted by Gasteiger charge is 2.19. The number of unbranched alkanes of at least 4 members (excludes halogenated alkanes) is 32. The Labute approximate surface area is 307 Å². The van der Waals surface area contributed by atoms with Gasteiger partial charge in [-0.2, -0.15) is 0 Å². The maximum absolute atomic E-state index is 12.4. The molecule has 0 aromatic heterocycles. The van der Waals surface area contributed by atoms with Gasteiger partial charge in [-0.3, -0.25) is 4.79 Å². The molecule has 3 N–H and O–H groups in total. The maximum Gasteiger partial charge on any atom is 0.220 e. The van der Waals surface area contributed by atoms with Crippen LogP contribution in [0.1, 0.15) is 251 Å². The number of rotatable bonds is 41. The van der Waals surface area contributed by atoms with Crippen LogP contribution in [0.2, 0.25) is 0 Å². The summed E-state index contributed by atoms with van der Waals surface area (Å²) in [4.78, 5) is 12.4. The molecule has 0 bridgehead atoms. The first-order chi connectivity index (χ1) is 24.2. The predicted octanol–water partition coefficient (Wildman–Crippen LogP) is 13.9. The van der Waals surface area contributed by atoms with E-state index in [-0.39, 0.29) is 12.5 Å². The van der Waals surface area contributed by atoms with Gasteiger partial charge in [0.1, 0.15) is 0 Å². The number of aliphatic hydroxyl groups is 2. The molecule has 0 radical (unpaired) electrons. The third kappa shape index (κ3) is 38.2. The van der Waals surface area contributed by atoms with Crippen molar-refractivity contribution in [2.45, 2.75) is 264 Å². The van der Waals surface area contributed by atoms with E-state index in [0.717, 1.165) is 32.1 Å². The second-order valence-electron chi connectivity index (χ2n) is 15.5. The number of allylic oxidation sites excluding steroid dienone is 2. The first-order valence-electron chi connectivity index (χ1n) is 22.4. The van der Waals surface area contributed by atoms with Crippen LogP contribution in [-0.2, 0) is 4.79 Å². The van der Waals surface area contributed by atoms with Gasteiger partial charge in [-0.25, -0.2) is 0 Å². The Balaban J connectivity index is 3.47. The number of aliphatic hydroxyl groups excluding tert-OH is 2. The van der Waals surface area contributed by atoms with E-state index in [2.05, 4.69) is 31.3 Å². The molecule has 0 aliphatic rings. The van der Waals surface area contributed by atoms with Crippen LogP contribution in [0.25, 0.3) is 0 Å². The number of carbonyl (C=O) groups excluding carboxylic acids is 1. The molecular weight excluding hydrogens is 602 g/mol. The highest BCUT2D eigenvalue weighted by Crippen LogP contribution is 2.16. The van der Waals surface area contributed by atoms with Crippen LogP contribution >= 0.6 is 0 Å². The van der Waals surface area contributed by atoms with Gasteiger partial charge in [0.2, 0.25) is 5.91 Å². The fourth-order valence-corrected chi connectivity index (χ4v) is 7.06. The summed E-state index contributed by atoms with van der Waals surface area (Å²) in [6.07, 6.45) is 51.5. The molecule has 0 aliphatic heterocycles. The van der Waals surface area contributed by atoms with Crippen molar-refractivity contribution >= 4 is 5.91 Å². The van der Waals surface area contributed by atoms with Gasteiger partial charge in [0.25, 0.3) is 0 Å².